The van der Waals surface area contributed by atoms with Crippen molar-refractivity contribution in [1.29, 1.82) is 0 Å². The lowest BCUT2D eigenvalue weighted by molar-refractivity contribution is 0.0506. The maximum absolute atomic E-state index is 13.9. The summed E-state index contributed by atoms with van der Waals surface area (Å²) in [5.74, 6) is -0.228. The van der Waals surface area contributed by atoms with Crippen LogP contribution >= 0.6 is 11.3 Å². The maximum atomic E-state index is 13.9. The number of hydrogen-bond donors (Lipinski definition) is 1. The lowest BCUT2D eigenvalue weighted by Crippen LogP contribution is -2.52. The van der Waals surface area contributed by atoms with Gasteiger partial charge in [0.2, 0.25) is 0 Å². The number of piperazine rings is 1. The van der Waals surface area contributed by atoms with Crippen molar-refractivity contribution in [1.82, 2.24) is 19.6 Å². The molecule has 5 nitrogen and oxygen atoms in total. The zero-order chi connectivity index (χ0) is 19.3. The summed E-state index contributed by atoms with van der Waals surface area (Å²) < 4.78 is 15.7. The normalized spacial score (nSPS) is 18.6. The molecule has 1 N–H and O–H groups in total. The Morgan fingerprint density at radius 2 is 2.11 bits per heavy atom. The van der Waals surface area contributed by atoms with E-state index in [4.69, 9.17) is 0 Å². The maximum Gasteiger partial charge on any atom is 0.123 e. The first-order valence-electron chi connectivity index (χ1n) is 9.61. The first kappa shape index (κ1) is 19.3. The molecule has 0 spiro atoms. The number of halogens is 1. The molecule has 1 aliphatic rings. The first-order valence-corrected chi connectivity index (χ1v) is 10.5. The zero-order valence-electron chi connectivity index (χ0n) is 15.7. The molecule has 1 aromatic carbocycles. The average molecular weight is 401 g/mol. The summed E-state index contributed by atoms with van der Waals surface area (Å²) in [6.07, 6.45) is 4.36. The van der Waals surface area contributed by atoms with Crippen LogP contribution in [0.15, 0.2) is 54.2 Å². The second-order valence-corrected chi connectivity index (χ2v) is 8.21. The molecule has 1 unspecified atom stereocenters. The number of aromatic nitrogens is 2. The highest BCUT2D eigenvalue weighted by atomic mass is 32.1. The van der Waals surface area contributed by atoms with E-state index in [1.165, 1.54) is 10.9 Å². The predicted molar refractivity (Wildman–Crippen MR) is 109 cm³/mol. The van der Waals surface area contributed by atoms with Gasteiger partial charge in [-0.15, -0.1) is 11.3 Å². The second-order valence-electron chi connectivity index (χ2n) is 7.17. The van der Waals surface area contributed by atoms with E-state index in [2.05, 4.69) is 32.4 Å². The number of aliphatic hydroxyl groups excluding tert-OH is 1. The average Bonchev–Trinajstić information content (AvgIpc) is 3.38. The van der Waals surface area contributed by atoms with E-state index in [9.17, 15) is 9.50 Å². The van der Waals surface area contributed by atoms with Crippen molar-refractivity contribution in [2.45, 2.75) is 25.6 Å². The Kier molecular flexibility index (Phi) is 6.17. The van der Waals surface area contributed by atoms with Crippen LogP contribution in [0.4, 0.5) is 4.39 Å². The Balaban J connectivity index is 1.48. The molecule has 4 rings (SSSR count). The van der Waals surface area contributed by atoms with Gasteiger partial charge >= 0.3 is 0 Å². The summed E-state index contributed by atoms with van der Waals surface area (Å²) in [6.45, 7) is 4.49. The molecule has 0 saturated carbocycles. The van der Waals surface area contributed by atoms with Crippen molar-refractivity contribution in [2.75, 3.05) is 26.2 Å². The van der Waals surface area contributed by atoms with Crippen LogP contribution < -0.4 is 0 Å². The van der Waals surface area contributed by atoms with Gasteiger partial charge in [-0.25, -0.2) is 9.07 Å². The van der Waals surface area contributed by atoms with Crippen molar-refractivity contribution in [2.24, 2.45) is 0 Å². The fraction of sp³-hybridized carbons (Fsp3) is 0.381. The highest BCUT2D eigenvalue weighted by Crippen LogP contribution is 2.23. The van der Waals surface area contributed by atoms with Gasteiger partial charge in [0.15, 0.2) is 0 Å². The Morgan fingerprint density at radius 1 is 1.18 bits per heavy atom. The fourth-order valence-electron chi connectivity index (χ4n) is 3.89. The van der Waals surface area contributed by atoms with Crippen LogP contribution in [-0.4, -0.2) is 57.0 Å². The number of rotatable bonds is 7. The van der Waals surface area contributed by atoms with Gasteiger partial charge in [-0.1, -0.05) is 6.07 Å². The highest BCUT2D eigenvalue weighted by molar-refractivity contribution is 7.09. The third-order valence-electron chi connectivity index (χ3n) is 5.28. The minimum absolute atomic E-state index is 0.179. The van der Waals surface area contributed by atoms with Gasteiger partial charge in [0, 0.05) is 62.6 Å². The summed E-state index contributed by atoms with van der Waals surface area (Å²) in [4.78, 5) is 6.16. The molecule has 7 heteroatoms. The molecule has 0 amide bonds. The van der Waals surface area contributed by atoms with Gasteiger partial charge in [0.05, 0.1) is 5.69 Å². The number of thiophene rings is 1. The Hall–Kier alpha value is -2.06. The lowest BCUT2D eigenvalue weighted by Gasteiger charge is -2.41. The molecule has 1 fully saturated rings. The molecule has 1 saturated heterocycles. The minimum atomic E-state index is -0.228. The monoisotopic (exact) mass is 400 g/mol. The van der Waals surface area contributed by atoms with Crippen LogP contribution in [0.25, 0.3) is 5.69 Å². The van der Waals surface area contributed by atoms with Crippen molar-refractivity contribution < 1.29 is 9.50 Å². The van der Waals surface area contributed by atoms with Gasteiger partial charge in [0.25, 0.3) is 0 Å². The third kappa shape index (κ3) is 4.50. The standard InChI is InChI=1S/C21H25FN4OS/c22-18-4-5-21(26-8-2-7-23-26)17(13-18)14-24-9-10-25(19(15-24)6-11-27)16-20-3-1-12-28-20/h1-5,7-8,12-13,19,27H,6,9-11,14-16H2. The minimum Gasteiger partial charge on any atom is -0.396 e. The van der Waals surface area contributed by atoms with Gasteiger partial charge in [-0.3, -0.25) is 9.80 Å². The SMILES string of the molecule is OCCC1CN(Cc2cc(F)ccc2-n2cccn2)CCN1Cc1cccs1. The molecule has 3 aromatic rings. The second kappa shape index (κ2) is 8.96. The Labute approximate surface area is 168 Å². The fourth-order valence-corrected chi connectivity index (χ4v) is 4.62. The quantitative estimate of drug-likeness (QED) is 0.662. The number of benzene rings is 1. The van der Waals surface area contributed by atoms with E-state index in [1.54, 1.807) is 34.3 Å². The van der Waals surface area contributed by atoms with Crippen molar-refractivity contribution in [3.63, 3.8) is 0 Å². The molecular weight excluding hydrogens is 375 g/mol. The topological polar surface area (TPSA) is 44.5 Å². The van der Waals surface area contributed by atoms with Crippen LogP contribution in [0, 0.1) is 5.82 Å². The smallest absolute Gasteiger partial charge is 0.123 e. The third-order valence-corrected chi connectivity index (χ3v) is 6.14. The number of aliphatic hydroxyl groups is 1. The van der Waals surface area contributed by atoms with Crippen molar-refractivity contribution in [3.8, 4) is 5.69 Å². The molecular formula is C21H25FN4OS. The molecule has 3 heterocycles. The van der Waals surface area contributed by atoms with Crippen molar-refractivity contribution in [3.05, 3.63) is 70.4 Å². The predicted octanol–water partition coefficient (Wildman–Crippen LogP) is 3.14. The van der Waals surface area contributed by atoms with Crippen LogP contribution in [0.3, 0.4) is 0 Å². The van der Waals surface area contributed by atoms with Crippen LogP contribution in [0.5, 0.6) is 0 Å². The van der Waals surface area contributed by atoms with Gasteiger partial charge in [-0.05, 0) is 47.7 Å². The molecule has 28 heavy (non-hydrogen) atoms. The van der Waals surface area contributed by atoms with Crippen molar-refractivity contribution >= 4 is 11.3 Å². The molecule has 1 aliphatic heterocycles. The summed E-state index contributed by atoms with van der Waals surface area (Å²) in [6, 6.07) is 11.3. The van der Waals surface area contributed by atoms with Gasteiger partial charge in [-0.2, -0.15) is 5.10 Å². The molecule has 1 atom stereocenters. The van der Waals surface area contributed by atoms with E-state index in [0.29, 0.717) is 12.6 Å². The zero-order valence-corrected chi connectivity index (χ0v) is 16.6. The first-order chi connectivity index (χ1) is 13.7. The Morgan fingerprint density at radius 3 is 2.86 bits per heavy atom. The molecule has 0 radical (unpaired) electrons. The Bertz CT molecular complexity index is 869. The summed E-state index contributed by atoms with van der Waals surface area (Å²) >= 11 is 1.77. The van der Waals surface area contributed by atoms with E-state index in [1.807, 2.05) is 12.3 Å². The largest absolute Gasteiger partial charge is 0.396 e. The highest BCUT2D eigenvalue weighted by Gasteiger charge is 2.27. The van der Waals surface area contributed by atoms with Crippen LogP contribution in [0.2, 0.25) is 0 Å². The van der Waals surface area contributed by atoms with Gasteiger partial charge in [0.1, 0.15) is 5.82 Å². The summed E-state index contributed by atoms with van der Waals surface area (Å²) in [5, 5.41) is 15.9. The molecule has 0 bridgehead atoms. The van der Waals surface area contributed by atoms with Crippen LogP contribution in [0.1, 0.15) is 16.9 Å². The summed E-state index contributed by atoms with van der Waals surface area (Å²) in [7, 11) is 0. The van der Waals surface area contributed by atoms with E-state index >= 15 is 0 Å². The molecule has 2 aromatic heterocycles. The number of nitrogens with zero attached hydrogens (tertiary/aromatic N) is 4. The van der Waals surface area contributed by atoms with E-state index in [-0.39, 0.29) is 12.4 Å². The van der Waals surface area contributed by atoms with Crippen LogP contribution in [-0.2, 0) is 13.1 Å². The molecule has 0 aliphatic carbocycles. The van der Waals surface area contributed by atoms with Gasteiger partial charge < -0.3 is 5.11 Å². The molecule has 148 valence electrons. The number of hydrogen-bond acceptors (Lipinski definition) is 5. The lowest BCUT2D eigenvalue weighted by atomic mass is 10.1. The summed E-state index contributed by atoms with van der Waals surface area (Å²) in [5.41, 5.74) is 1.84. The van der Waals surface area contributed by atoms with E-state index < -0.39 is 0 Å². The van der Waals surface area contributed by atoms with E-state index in [0.717, 1.165) is 43.9 Å².